The van der Waals surface area contributed by atoms with Crippen molar-refractivity contribution in [1.82, 2.24) is 15.0 Å². The maximum Gasteiger partial charge on any atom is 0.223 e. The number of nitrogens with zero attached hydrogens (tertiary/aromatic N) is 2. The maximum absolute atomic E-state index is 13.5. The molecule has 0 fully saturated rings. The molecular formula is C24H16FN3O2S. The van der Waals surface area contributed by atoms with Gasteiger partial charge in [-0.15, -0.1) is 0 Å². The zero-order valence-corrected chi connectivity index (χ0v) is 17.0. The van der Waals surface area contributed by atoms with Crippen molar-refractivity contribution >= 4 is 20.9 Å². The molecule has 5 nitrogen and oxygen atoms in total. The molecule has 0 aliphatic heterocycles. The van der Waals surface area contributed by atoms with Gasteiger partial charge in [-0.3, -0.25) is 4.98 Å². The number of halogens is 1. The molecule has 0 saturated carbocycles. The summed E-state index contributed by atoms with van der Waals surface area (Å²) >= 11 is 0. The van der Waals surface area contributed by atoms with E-state index in [0.717, 1.165) is 27.8 Å². The molecule has 0 atom stereocenters. The fourth-order valence-electron chi connectivity index (χ4n) is 3.58. The summed E-state index contributed by atoms with van der Waals surface area (Å²) in [6, 6.07) is 21.3. The van der Waals surface area contributed by atoms with Gasteiger partial charge in [0.2, 0.25) is 9.84 Å². The zero-order chi connectivity index (χ0) is 21.4. The lowest BCUT2D eigenvalue weighted by Crippen LogP contribution is -2.04. The summed E-state index contributed by atoms with van der Waals surface area (Å²) in [5.74, 6) is -0.334. The minimum atomic E-state index is -3.76. The number of aromatic amines is 1. The summed E-state index contributed by atoms with van der Waals surface area (Å²) in [5, 5.41) is 0.719. The van der Waals surface area contributed by atoms with Crippen molar-refractivity contribution in [2.75, 3.05) is 0 Å². The molecule has 5 rings (SSSR count). The van der Waals surface area contributed by atoms with Gasteiger partial charge in [0.05, 0.1) is 10.6 Å². The van der Waals surface area contributed by atoms with E-state index in [9.17, 15) is 12.8 Å². The fraction of sp³-hybridized carbons (Fsp3) is 0. The first kappa shape index (κ1) is 19.1. The van der Waals surface area contributed by atoms with Crippen molar-refractivity contribution in [3.63, 3.8) is 0 Å². The molecule has 7 heteroatoms. The van der Waals surface area contributed by atoms with E-state index in [1.165, 1.54) is 18.2 Å². The van der Waals surface area contributed by atoms with Crippen LogP contribution in [-0.2, 0) is 9.84 Å². The van der Waals surface area contributed by atoms with E-state index in [1.54, 1.807) is 60.9 Å². The zero-order valence-electron chi connectivity index (χ0n) is 16.2. The van der Waals surface area contributed by atoms with Crippen LogP contribution in [0.3, 0.4) is 0 Å². The first-order chi connectivity index (χ1) is 15.0. The second-order valence-electron chi connectivity index (χ2n) is 6.98. The molecule has 0 unspecified atom stereocenters. The molecule has 3 heterocycles. The molecule has 1 N–H and O–H groups in total. The van der Waals surface area contributed by atoms with Gasteiger partial charge < -0.3 is 4.98 Å². The molecule has 0 radical (unpaired) electrons. The van der Waals surface area contributed by atoms with Crippen LogP contribution in [0.25, 0.3) is 33.4 Å². The fourth-order valence-corrected chi connectivity index (χ4v) is 4.79. The topological polar surface area (TPSA) is 75.7 Å². The van der Waals surface area contributed by atoms with E-state index in [2.05, 4.69) is 15.0 Å². The van der Waals surface area contributed by atoms with Crippen LogP contribution in [0.1, 0.15) is 0 Å². The number of H-pyrrole nitrogens is 1. The van der Waals surface area contributed by atoms with Gasteiger partial charge in [0, 0.05) is 23.3 Å². The van der Waals surface area contributed by atoms with Gasteiger partial charge in [-0.25, -0.2) is 17.8 Å². The SMILES string of the molecule is O=S(=O)(c1ccccc1)c1ccc2c(-c3ccncc3)c(-c3ccc(F)cc3)[nH]c2n1. The Morgan fingerprint density at radius 2 is 1.48 bits per heavy atom. The predicted octanol–water partition coefficient (Wildman–Crippen LogP) is 5.26. The molecule has 0 aliphatic carbocycles. The van der Waals surface area contributed by atoms with E-state index in [0.29, 0.717) is 5.65 Å². The minimum Gasteiger partial charge on any atom is -0.339 e. The Bertz CT molecular complexity index is 1480. The summed E-state index contributed by atoms with van der Waals surface area (Å²) < 4.78 is 39.5. The summed E-state index contributed by atoms with van der Waals surface area (Å²) in [6.45, 7) is 0. The quantitative estimate of drug-likeness (QED) is 0.423. The Morgan fingerprint density at radius 3 is 2.19 bits per heavy atom. The number of rotatable bonds is 4. The van der Waals surface area contributed by atoms with Crippen molar-refractivity contribution in [2.45, 2.75) is 9.92 Å². The molecule has 0 saturated heterocycles. The molecule has 0 amide bonds. The molecule has 0 aliphatic rings. The van der Waals surface area contributed by atoms with Crippen molar-refractivity contribution < 1.29 is 12.8 Å². The average Bonchev–Trinajstić information content (AvgIpc) is 3.19. The Morgan fingerprint density at radius 1 is 0.774 bits per heavy atom. The van der Waals surface area contributed by atoms with Crippen LogP contribution in [0.5, 0.6) is 0 Å². The summed E-state index contributed by atoms with van der Waals surface area (Å²) in [7, 11) is -3.76. The molecule has 3 aromatic heterocycles. The number of nitrogens with one attached hydrogen (secondary N) is 1. The number of hydrogen-bond donors (Lipinski definition) is 1. The Kier molecular flexibility index (Phi) is 4.60. The predicted molar refractivity (Wildman–Crippen MR) is 117 cm³/mol. The monoisotopic (exact) mass is 429 g/mol. The highest BCUT2D eigenvalue weighted by atomic mass is 32.2. The van der Waals surface area contributed by atoms with Crippen LogP contribution >= 0.6 is 0 Å². The smallest absolute Gasteiger partial charge is 0.223 e. The van der Waals surface area contributed by atoms with E-state index < -0.39 is 9.84 Å². The van der Waals surface area contributed by atoms with Crippen LogP contribution in [0.2, 0.25) is 0 Å². The lowest BCUT2D eigenvalue weighted by molar-refractivity contribution is 0.593. The Labute approximate surface area is 178 Å². The molecule has 0 bridgehead atoms. The third kappa shape index (κ3) is 3.39. The molecule has 0 spiro atoms. The lowest BCUT2D eigenvalue weighted by atomic mass is 10.00. The number of aromatic nitrogens is 3. The van der Waals surface area contributed by atoms with Gasteiger partial charge in [-0.05, 0) is 71.8 Å². The second-order valence-corrected chi connectivity index (χ2v) is 8.88. The van der Waals surface area contributed by atoms with Gasteiger partial charge in [-0.2, -0.15) is 0 Å². The molecule has 5 aromatic rings. The van der Waals surface area contributed by atoms with E-state index in [-0.39, 0.29) is 15.7 Å². The van der Waals surface area contributed by atoms with Gasteiger partial charge in [0.25, 0.3) is 0 Å². The first-order valence-electron chi connectivity index (χ1n) is 9.53. The second kappa shape index (κ2) is 7.45. The Hall–Kier alpha value is -3.84. The first-order valence-corrected chi connectivity index (χ1v) is 11.0. The maximum atomic E-state index is 13.5. The van der Waals surface area contributed by atoms with Crippen molar-refractivity contribution in [1.29, 1.82) is 0 Å². The number of sulfone groups is 1. The largest absolute Gasteiger partial charge is 0.339 e. The number of hydrogen-bond acceptors (Lipinski definition) is 4. The summed E-state index contributed by atoms with van der Waals surface area (Å²) in [6.07, 6.45) is 3.37. The van der Waals surface area contributed by atoms with Gasteiger partial charge in [0.15, 0.2) is 5.03 Å². The summed E-state index contributed by atoms with van der Waals surface area (Å²) in [4.78, 5) is 11.9. The van der Waals surface area contributed by atoms with Gasteiger partial charge in [0.1, 0.15) is 11.5 Å². The normalized spacial score (nSPS) is 11.6. The van der Waals surface area contributed by atoms with E-state index in [4.69, 9.17) is 0 Å². The molecular weight excluding hydrogens is 413 g/mol. The van der Waals surface area contributed by atoms with Crippen LogP contribution in [0.15, 0.2) is 101 Å². The highest BCUT2D eigenvalue weighted by Crippen LogP contribution is 2.38. The van der Waals surface area contributed by atoms with Gasteiger partial charge in [-0.1, -0.05) is 18.2 Å². The number of benzene rings is 2. The van der Waals surface area contributed by atoms with Crippen LogP contribution in [-0.4, -0.2) is 23.4 Å². The standard InChI is InChI=1S/C24H16FN3O2S/c25-18-8-6-17(7-9-18)23-22(16-12-14-26-15-13-16)20-10-11-21(27-24(20)28-23)31(29,30)19-4-2-1-3-5-19/h1-15H,(H,27,28). The van der Waals surface area contributed by atoms with Crippen LogP contribution in [0.4, 0.5) is 4.39 Å². The minimum absolute atomic E-state index is 0.0422. The van der Waals surface area contributed by atoms with E-state index >= 15 is 0 Å². The molecule has 152 valence electrons. The van der Waals surface area contributed by atoms with Gasteiger partial charge >= 0.3 is 0 Å². The average molecular weight is 429 g/mol. The van der Waals surface area contributed by atoms with Crippen molar-refractivity contribution in [3.8, 4) is 22.4 Å². The third-order valence-corrected chi connectivity index (χ3v) is 6.73. The van der Waals surface area contributed by atoms with Crippen LogP contribution < -0.4 is 0 Å². The third-order valence-electron chi connectivity index (χ3n) is 5.06. The summed E-state index contributed by atoms with van der Waals surface area (Å²) in [5.41, 5.74) is 3.66. The number of pyridine rings is 2. The van der Waals surface area contributed by atoms with Crippen molar-refractivity contribution in [3.05, 3.63) is 97.1 Å². The molecule has 31 heavy (non-hydrogen) atoms. The number of fused-ring (bicyclic) bond motifs is 1. The van der Waals surface area contributed by atoms with Crippen molar-refractivity contribution in [2.24, 2.45) is 0 Å². The Balaban J connectivity index is 1.74. The highest BCUT2D eigenvalue weighted by Gasteiger charge is 2.22. The lowest BCUT2D eigenvalue weighted by Gasteiger charge is -2.06. The highest BCUT2D eigenvalue weighted by molar-refractivity contribution is 7.91. The molecule has 2 aromatic carbocycles. The van der Waals surface area contributed by atoms with E-state index in [1.807, 2.05) is 12.1 Å². The van der Waals surface area contributed by atoms with Crippen LogP contribution in [0, 0.1) is 5.82 Å².